The van der Waals surface area contributed by atoms with Crippen molar-refractivity contribution in [1.29, 1.82) is 0 Å². The third kappa shape index (κ3) is 5.03. The van der Waals surface area contributed by atoms with E-state index < -0.39 is 0 Å². The molecule has 0 radical (unpaired) electrons. The molecule has 0 atom stereocenters. The van der Waals surface area contributed by atoms with Crippen molar-refractivity contribution in [2.45, 2.75) is 0 Å². The number of nitrogens with zero attached hydrogens (tertiary/aromatic N) is 4. The largest absolute Gasteiger partial charge is 0.236 e. The Morgan fingerprint density at radius 1 is 0.362 bits per heavy atom. The van der Waals surface area contributed by atoms with Crippen molar-refractivity contribution in [3.63, 3.8) is 0 Å². The molecule has 0 aliphatic carbocycles. The fraction of sp³-hybridized carbons (Fsp3) is 0. The standard InChI is InChI=1S/C42H26N4S/c1-4-11-29(12-5-1)39-44-40(30-13-6-2-7-14-30)46-41(45-39)33-22-20-27-17-10-18-34(35(27)26-33)32-21-19-28-23-24-37-38(36(28)25-32)47-42(43-37)31-15-8-3-9-16-31/h1-26H. The summed E-state index contributed by atoms with van der Waals surface area (Å²) in [7, 11) is 0. The lowest BCUT2D eigenvalue weighted by molar-refractivity contribution is 1.07. The second kappa shape index (κ2) is 11.4. The van der Waals surface area contributed by atoms with Crippen molar-refractivity contribution in [2.75, 3.05) is 0 Å². The molecule has 2 heterocycles. The van der Waals surface area contributed by atoms with Crippen LogP contribution in [0.15, 0.2) is 158 Å². The lowest BCUT2D eigenvalue weighted by Crippen LogP contribution is -2.00. The molecule has 4 nitrogen and oxygen atoms in total. The van der Waals surface area contributed by atoms with Crippen LogP contribution in [0.5, 0.6) is 0 Å². The molecule has 5 heteroatoms. The fourth-order valence-corrected chi connectivity index (χ4v) is 7.27. The third-order valence-corrected chi connectivity index (χ3v) is 9.70. The van der Waals surface area contributed by atoms with Gasteiger partial charge < -0.3 is 0 Å². The highest BCUT2D eigenvalue weighted by Crippen LogP contribution is 2.39. The minimum Gasteiger partial charge on any atom is -0.236 e. The third-order valence-electron chi connectivity index (χ3n) is 8.54. The van der Waals surface area contributed by atoms with E-state index >= 15 is 0 Å². The van der Waals surface area contributed by atoms with Gasteiger partial charge in [-0.15, -0.1) is 11.3 Å². The summed E-state index contributed by atoms with van der Waals surface area (Å²) in [6.45, 7) is 0. The molecule has 0 saturated heterocycles. The van der Waals surface area contributed by atoms with Crippen LogP contribution in [-0.4, -0.2) is 19.9 Å². The predicted molar refractivity (Wildman–Crippen MR) is 195 cm³/mol. The zero-order valence-corrected chi connectivity index (χ0v) is 26.0. The summed E-state index contributed by atoms with van der Waals surface area (Å²) in [5.41, 5.74) is 7.34. The minimum absolute atomic E-state index is 0.646. The molecular weight excluding hydrogens is 593 g/mol. The van der Waals surface area contributed by atoms with E-state index in [1.165, 1.54) is 15.5 Å². The molecule has 0 spiro atoms. The normalized spacial score (nSPS) is 11.4. The Bertz CT molecular complexity index is 2500. The molecule has 9 rings (SSSR count). The summed E-state index contributed by atoms with van der Waals surface area (Å²) < 4.78 is 1.20. The van der Waals surface area contributed by atoms with Gasteiger partial charge in [-0.25, -0.2) is 19.9 Å². The molecule has 0 bridgehead atoms. The molecule has 0 aliphatic rings. The van der Waals surface area contributed by atoms with E-state index in [-0.39, 0.29) is 0 Å². The van der Waals surface area contributed by atoms with Gasteiger partial charge >= 0.3 is 0 Å². The van der Waals surface area contributed by atoms with Gasteiger partial charge in [-0.3, -0.25) is 0 Å². The van der Waals surface area contributed by atoms with Gasteiger partial charge in [0.25, 0.3) is 0 Å². The van der Waals surface area contributed by atoms with Crippen LogP contribution in [-0.2, 0) is 0 Å². The molecular formula is C42H26N4S. The number of benzene rings is 7. The van der Waals surface area contributed by atoms with Gasteiger partial charge in [0.05, 0.1) is 10.2 Å². The predicted octanol–water partition coefficient (Wildman–Crippen LogP) is 11.1. The molecule has 220 valence electrons. The first-order chi connectivity index (χ1) is 23.3. The van der Waals surface area contributed by atoms with Gasteiger partial charge in [0.15, 0.2) is 17.5 Å². The number of fused-ring (bicyclic) bond motifs is 4. The van der Waals surface area contributed by atoms with Crippen LogP contribution in [0.3, 0.4) is 0 Å². The Balaban J connectivity index is 1.20. The van der Waals surface area contributed by atoms with Crippen molar-refractivity contribution in [3.8, 4) is 55.9 Å². The summed E-state index contributed by atoms with van der Waals surface area (Å²) in [4.78, 5) is 19.8. The maximum atomic E-state index is 4.99. The molecule has 0 amide bonds. The van der Waals surface area contributed by atoms with Gasteiger partial charge in [0.1, 0.15) is 5.01 Å². The van der Waals surface area contributed by atoms with Gasteiger partial charge in [-0.05, 0) is 45.5 Å². The van der Waals surface area contributed by atoms with Crippen molar-refractivity contribution in [3.05, 3.63) is 158 Å². The van der Waals surface area contributed by atoms with E-state index in [2.05, 4.69) is 91.0 Å². The van der Waals surface area contributed by atoms with E-state index in [0.717, 1.165) is 54.7 Å². The number of rotatable bonds is 5. The van der Waals surface area contributed by atoms with Crippen LogP contribution in [0.4, 0.5) is 0 Å². The average molecular weight is 619 g/mol. The van der Waals surface area contributed by atoms with Crippen molar-refractivity contribution in [2.24, 2.45) is 0 Å². The van der Waals surface area contributed by atoms with E-state index in [9.17, 15) is 0 Å². The summed E-state index contributed by atoms with van der Waals surface area (Å²) in [5, 5.41) is 5.77. The Hall–Kier alpha value is -6.04. The molecule has 0 saturated carbocycles. The molecule has 0 aliphatic heterocycles. The van der Waals surface area contributed by atoms with Crippen molar-refractivity contribution >= 4 is 43.1 Å². The van der Waals surface area contributed by atoms with Gasteiger partial charge in [0, 0.05) is 27.6 Å². The molecule has 2 aromatic heterocycles. The number of hydrogen-bond donors (Lipinski definition) is 0. The summed E-state index contributed by atoms with van der Waals surface area (Å²) >= 11 is 1.75. The molecule has 9 aromatic rings. The Labute approximate surface area is 275 Å². The summed E-state index contributed by atoms with van der Waals surface area (Å²) in [6, 6.07) is 54.7. The van der Waals surface area contributed by atoms with E-state index in [0.29, 0.717) is 17.5 Å². The second-order valence-corrected chi connectivity index (χ2v) is 12.5. The average Bonchev–Trinajstić information content (AvgIpc) is 3.60. The van der Waals surface area contributed by atoms with Crippen LogP contribution in [0, 0.1) is 0 Å². The second-order valence-electron chi connectivity index (χ2n) is 11.5. The number of aromatic nitrogens is 4. The Kier molecular flexibility index (Phi) is 6.61. The van der Waals surface area contributed by atoms with E-state index in [1.807, 2.05) is 66.7 Å². The molecule has 0 fully saturated rings. The topological polar surface area (TPSA) is 51.6 Å². The van der Waals surface area contributed by atoms with Gasteiger partial charge in [-0.1, -0.05) is 140 Å². The minimum atomic E-state index is 0.646. The lowest BCUT2D eigenvalue weighted by atomic mass is 9.95. The van der Waals surface area contributed by atoms with Crippen LogP contribution in [0.2, 0.25) is 0 Å². The van der Waals surface area contributed by atoms with E-state index in [1.54, 1.807) is 11.3 Å². The molecule has 0 N–H and O–H groups in total. The van der Waals surface area contributed by atoms with Crippen LogP contribution >= 0.6 is 11.3 Å². The van der Waals surface area contributed by atoms with Crippen molar-refractivity contribution < 1.29 is 0 Å². The zero-order valence-electron chi connectivity index (χ0n) is 25.2. The first-order valence-electron chi connectivity index (χ1n) is 15.6. The monoisotopic (exact) mass is 618 g/mol. The molecule has 7 aromatic carbocycles. The van der Waals surface area contributed by atoms with E-state index in [4.69, 9.17) is 19.9 Å². The zero-order chi connectivity index (χ0) is 31.2. The Morgan fingerprint density at radius 2 is 0.894 bits per heavy atom. The quantitative estimate of drug-likeness (QED) is 0.193. The highest BCUT2D eigenvalue weighted by Gasteiger charge is 2.15. The summed E-state index contributed by atoms with van der Waals surface area (Å²) in [6.07, 6.45) is 0. The first kappa shape index (κ1) is 27.3. The smallest absolute Gasteiger partial charge is 0.164 e. The van der Waals surface area contributed by atoms with Crippen LogP contribution in [0.1, 0.15) is 0 Å². The van der Waals surface area contributed by atoms with Crippen LogP contribution in [0.25, 0.3) is 87.6 Å². The number of thiazole rings is 1. The SMILES string of the molecule is c1ccc(-c2nc(-c3ccccc3)nc(-c3ccc4cccc(-c5ccc6ccc7nc(-c8ccccc8)sc7c6c5)c4c3)n2)cc1. The first-order valence-corrected chi connectivity index (χ1v) is 16.4. The van der Waals surface area contributed by atoms with Gasteiger partial charge in [0.2, 0.25) is 0 Å². The maximum absolute atomic E-state index is 4.99. The summed E-state index contributed by atoms with van der Waals surface area (Å²) in [5.74, 6) is 1.95. The Morgan fingerprint density at radius 3 is 1.55 bits per heavy atom. The van der Waals surface area contributed by atoms with Crippen molar-refractivity contribution in [1.82, 2.24) is 19.9 Å². The van der Waals surface area contributed by atoms with Gasteiger partial charge in [-0.2, -0.15) is 0 Å². The number of hydrogen-bond acceptors (Lipinski definition) is 5. The molecule has 47 heavy (non-hydrogen) atoms. The maximum Gasteiger partial charge on any atom is 0.164 e. The molecule has 0 unspecified atom stereocenters. The van der Waals surface area contributed by atoms with Crippen LogP contribution < -0.4 is 0 Å². The highest BCUT2D eigenvalue weighted by atomic mass is 32.1. The lowest BCUT2D eigenvalue weighted by Gasteiger charge is -2.12. The highest BCUT2D eigenvalue weighted by molar-refractivity contribution is 7.22. The fourth-order valence-electron chi connectivity index (χ4n) is 6.18.